The lowest BCUT2D eigenvalue weighted by molar-refractivity contribution is -0.146. The minimum Gasteiger partial charge on any atom is -0.481 e. The fraction of sp³-hybridized carbons (Fsp3) is 0.364. The SMILES string of the molecule is CC(C)(CNS(=O)(=O)c1ccc(F)c(Cl)c1)C(=O)O. The number of carboxylic acids is 1. The van der Waals surface area contributed by atoms with Gasteiger partial charge in [-0.15, -0.1) is 0 Å². The summed E-state index contributed by atoms with van der Waals surface area (Å²) in [5, 5.41) is 8.56. The van der Waals surface area contributed by atoms with Crippen molar-refractivity contribution in [3.8, 4) is 0 Å². The van der Waals surface area contributed by atoms with Gasteiger partial charge in [-0.2, -0.15) is 0 Å². The predicted molar refractivity (Wildman–Crippen MR) is 68.0 cm³/mol. The Balaban J connectivity index is 2.93. The Kier molecular flexibility index (Phi) is 4.54. The highest BCUT2D eigenvalue weighted by atomic mass is 35.5. The van der Waals surface area contributed by atoms with Gasteiger partial charge in [-0.25, -0.2) is 17.5 Å². The number of hydrogen-bond acceptors (Lipinski definition) is 3. The summed E-state index contributed by atoms with van der Waals surface area (Å²) in [6.07, 6.45) is 0. The van der Waals surface area contributed by atoms with Crippen molar-refractivity contribution in [3.63, 3.8) is 0 Å². The molecule has 0 fully saturated rings. The molecular formula is C11H13ClFNO4S. The molecule has 0 saturated heterocycles. The molecule has 0 aliphatic heterocycles. The number of aliphatic carboxylic acids is 1. The number of carbonyl (C=O) groups is 1. The summed E-state index contributed by atoms with van der Waals surface area (Å²) in [5.74, 6) is -1.86. The van der Waals surface area contributed by atoms with Crippen LogP contribution in [0.2, 0.25) is 5.02 Å². The van der Waals surface area contributed by atoms with Crippen molar-refractivity contribution in [2.75, 3.05) is 6.54 Å². The van der Waals surface area contributed by atoms with Crippen LogP contribution in [0.3, 0.4) is 0 Å². The van der Waals surface area contributed by atoms with Crippen molar-refractivity contribution in [1.29, 1.82) is 0 Å². The molecule has 8 heteroatoms. The van der Waals surface area contributed by atoms with Crippen molar-refractivity contribution < 1.29 is 22.7 Å². The van der Waals surface area contributed by atoms with Gasteiger partial charge in [-0.05, 0) is 32.0 Å². The van der Waals surface area contributed by atoms with E-state index >= 15 is 0 Å². The topological polar surface area (TPSA) is 83.5 Å². The summed E-state index contributed by atoms with van der Waals surface area (Å²) in [4.78, 5) is 10.6. The molecule has 0 aromatic heterocycles. The first kappa shape index (κ1) is 15.9. The van der Waals surface area contributed by atoms with Gasteiger partial charge >= 0.3 is 5.97 Å². The summed E-state index contributed by atoms with van der Waals surface area (Å²) in [6.45, 7) is 2.48. The second kappa shape index (κ2) is 5.44. The van der Waals surface area contributed by atoms with Crippen LogP contribution in [-0.2, 0) is 14.8 Å². The molecule has 0 radical (unpaired) electrons. The third kappa shape index (κ3) is 3.89. The second-order valence-electron chi connectivity index (χ2n) is 4.59. The zero-order valence-corrected chi connectivity index (χ0v) is 11.8. The fourth-order valence-electron chi connectivity index (χ4n) is 1.08. The first-order chi connectivity index (χ1) is 8.56. The van der Waals surface area contributed by atoms with E-state index in [1.165, 1.54) is 13.8 Å². The molecule has 19 heavy (non-hydrogen) atoms. The largest absolute Gasteiger partial charge is 0.481 e. The van der Waals surface area contributed by atoms with E-state index in [0.717, 1.165) is 18.2 Å². The molecule has 0 bridgehead atoms. The van der Waals surface area contributed by atoms with Gasteiger partial charge in [0.1, 0.15) is 5.82 Å². The molecule has 1 rings (SSSR count). The van der Waals surface area contributed by atoms with E-state index in [0.29, 0.717) is 0 Å². The molecule has 0 atom stereocenters. The smallest absolute Gasteiger partial charge is 0.310 e. The quantitative estimate of drug-likeness (QED) is 0.869. The molecule has 0 heterocycles. The minimum absolute atomic E-state index is 0.222. The van der Waals surface area contributed by atoms with E-state index < -0.39 is 27.2 Å². The Morgan fingerprint density at radius 2 is 2.05 bits per heavy atom. The minimum atomic E-state index is -3.93. The van der Waals surface area contributed by atoms with Gasteiger partial charge in [0.2, 0.25) is 10.0 Å². The Bertz CT molecular complexity index is 601. The van der Waals surface area contributed by atoms with Gasteiger partial charge in [0, 0.05) is 6.54 Å². The molecule has 1 aromatic rings. The van der Waals surface area contributed by atoms with E-state index in [4.69, 9.17) is 16.7 Å². The van der Waals surface area contributed by atoms with Crippen LogP contribution in [-0.4, -0.2) is 26.0 Å². The first-order valence-electron chi connectivity index (χ1n) is 5.24. The molecule has 0 unspecified atom stereocenters. The number of benzene rings is 1. The summed E-state index contributed by atoms with van der Waals surface area (Å²) in [5.41, 5.74) is -1.25. The van der Waals surface area contributed by atoms with Crippen molar-refractivity contribution in [2.24, 2.45) is 5.41 Å². The average Bonchev–Trinajstić information content (AvgIpc) is 2.30. The standard InChI is InChI=1S/C11H13ClFNO4S/c1-11(2,10(15)16)6-14-19(17,18)7-3-4-9(13)8(12)5-7/h3-5,14H,6H2,1-2H3,(H,15,16). The highest BCUT2D eigenvalue weighted by Crippen LogP contribution is 2.20. The number of carboxylic acid groups (broad SMARTS) is 1. The van der Waals surface area contributed by atoms with Gasteiger partial charge in [0.25, 0.3) is 0 Å². The second-order valence-corrected chi connectivity index (χ2v) is 6.76. The van der Waals surface area contributed by atoms with Crippen LogP contribution in [0.4, 0.5) is 4.39 Å². The van der Waals surface area contributed by atoms with E-state index in [9.17, 15) is 17.6 Å². The molecule has 0 aliphatic rings. The van der Waals surface area contributed by atoms with Gasteiger partial charge in [-0.1, -0.05) is 11.6 Å². The van der Waals surface area contributed by atoms with Crippen LogP contribution in [0, 0.1) is 11.2 Å². The Labute approximate surface area is 115 Å². The van der Waals surface area contributed by atoms with Crippen LogP contribution in [0.5, 0.6) is 0 Å². The highest BCUT2D eigenvalue weighted by molar-refractivity contribution is 7.89. The Morgan fingerprint density at radius 3 is 2.53 bits per heavy atom. The lowest BCUT2D eigenvalue weighted by Gasteiger charge is -2.19. The number of nitrogens with one attached hydrogen (secondary N) is 1. The molecule has 0 spiro atoms. The van der Waals surface area contributed by atoms with Gasteiger partial charge < -0.3 is 5.11 Å². The van der Waals surface area contributed by atoms with Crippen LogP contribution in [0.25, 0.3) is 0 Å². The molecule has 0 saturated carbocycles. The lowest BCUT2D eigenvalue weighted by atomic mass is 9.95. The molecular weight excluding hydrogens is 297 g/mol. The van der Waals surface area contributed by atoms with Crippen LogP contribution in [0.1, 0.15) is 13.8 Å². The first-order valence-corrected chi connectivity index (χ1v) is 7.10. The summed E-state index contributed by atoms with van der Waals surface area (Å²) in [6, 6.07) is 2.95. The van der Waals surface area contributed by atoms with E-state index in [1.54, 1.807) is 0 Å². The van der Waals surface area contributed by atoms with Crippen LogP contribution < -0.4 is 4.72 Å². The lowest BCUT2D eigenvalue weighted by Crippen LogP contribution is -2.38. The summed E-state index contributed by atoms with van der Waals surface area (Å²) in [7, 11) is -3.93. The molecule has 5 nitrogen and oxygen atoms in total. The molecule has 0 aliphatic carbocycles. The van der Waals surface area contributed by atoms with E-state index in [1.807, 2.05) is 0 Å². The van der Waals surface area contributed by atoms with Crippen LogP contribution in [0.15, 0.2) is 23.1 Å². The van der Waals surface area contributed by atoms with Gasteiger partial charge in [0.15, 0.2) is 0 Å². The zero-order chi connectivity index (χ0) is 14.8. The van der Waals surface area contributed by atoms with Crippen molar-refractivity contribution in [3.05, 3.63) is 29.0 Å². The number of halogens is 2. The van der Waals surface area contributed by atoms with Gasteiger partial charge in [-0.3, -0.25) is 4.79 Å². The Morgan fingerprint density at radius 1 is 1.47 bits per heavy atom. The number of rotatable bonds is 5. The fourth-order valence-corrected chi connectivity index (χ4v) is 2.56. The number of sulfonamides is 1. The maximum Gasteiger partial charge on any atom is 0.310 e. The zero-order valence-electron chi connectivity index (χ0n) is 10.3. The van der Waals surface area contributed by atoms with E-state index in [2.05, 4.69) is 4.72 Å². The van der Waals surface area contributed by atoms with Crippen molar-refractivity contribution in [1.82, 2.24) is 4.72 Å². The van der Waals surface area contributed by atoms with Crippen molar-refractivity contribution in [2.45, 2.75) is 18.7 Å². The Hall–Kier alpha value is -1.18. The van der Waals surface area contributed by atoms with Gasteiger partial charge in [0.05, 0.1) is 15.3 Å². The predicted octanol–water partition coefficient (Wildman–Crippen LogP) is 1.87. The van der Waals surface area contributed by atoms with Crippen LogP contribution >= 0.6 is 11.6 Å². The third-order valence-electron chi connectivity index (χ3n) is 2.48. The summed E-state index contributed by atoms with van der Waals surface area (Å²) < 4.78 is 38.9. The molecule has 1 aromatic carbocycles. The normalized spacial score (nSPS) is 12.4. The summed E-state index contributed by atoms with van der Waals surface area (Å²) >= 11 is 5.50. The maximum atomic E-state index is 12.9. The molecule has 0 amide bonds. The molecule has 106 valence electrons. The third-order valence-corrected chi connectivity index (χ3v) is 4.17. The highest BCUT2D eigenvalue weighted by Gasteiger charge is 2.29. The average molecular weight is 310 g/mol. The van der Waals surface area contributed by atoms with E-state index in [-0.39, 0.29) is 16.5 Å². The van der Waals surface area contributed by atoms with Crippen molar-refractivity contribution >= 4 is 27.6 Å². The monoisotopic (exact) mass is 309 g/mol. The number of hydrogen-bond donors (Lipinski definition) is 2. The maximum absolute atomic E-state index is 12.9. The molecule has 2 N–H and O–H groups in total.